The predicted octanol–water partition coefficient (Wildman–Crippen LogP) is 2.76. The number of halogens is 2. The molecule has 36 heavy (non-hydrogen) atoms. The van der Waals surface area contributed by atoms with E-state index in [1.54, 1.807) is 0 Å². The zero-order chi connectivity index (χ0) is 26.6. The van der Waals surface area contributed by atoms with Crippen LogP contribution < -0.4 is 10.6 Å². The molecule has 3 rings (SSSR count). The fourth-order valence-electron chi connectivity index (χ4n) is 4.55. The van der Waals surface area contributed by atoms with E-state index >= 15 is 0 Å². The normalized spacial score (nSPS) is 17.3. The summed E-state index contributed by atoms with van der Waals surface area (Å²) in [6.45, 7) is 5.29. The van der Waals surface area contributed by atoms with Crippen LogP contribution in [0.25, 0.3) is 0 Å². The number of piperidine rings is 1. The molecule has 0 spiro atoms. The van der Waals surface area contributed by atoms with Crippen molar-refractivity contribution in [3.63, 3.8) is 0 Å². The van der Waals surface area contributed by atoms with Gasteiger partial charge in [-0.2, -0.15) is 0 Å². The molecule has 3 amide bonds. The van der Waals surface area contributed by atoms with Crippen molar-refractivity contribution in [2.45, 2.75) is 63.6 Å². The Labute approximate surface area is 209 Å². The lowest BCUT2D eigenvalue weighted by Gasteiger charge is -2.41. The van der Waals surface area contributed by atoms with Crippen molar-refractivity contribution in [2.75, 3.05) is 13.6 Å². The van der Waals surface area contributed by atoms with Crippen LogP contribution in [0.4, 0.5) is 8.78 Å². The second kappa shape index (κ2) is 11.3. The molecule has 0 saturated carbocycles. The summed E-state index contributed by atoms with van der Waals surface area (Å²) in [6.07, 6.45) is -1.20. The zero-order valence-corrected chi connectivity index (χ0v) is 21.0. The van der Waals surface area contributed by atoms with Gasteiger partial charge in [-0.1, -0.05) is 38.1 Å². The highest BCUT2D eigenvalue weighted by molar-refractivity contribution is 5.99. The summed E-state index contributed by atoms with van der Waals surface area (Å²) >= 11 is 0. The summed E-state index contributed by atoms with van der Waals surface area (Å²) in [5.41, 5.74) is 1.00. The molecule has 3 N–H and O–H groups in total. The van der Waals surface area contributed by atoms with Crippen LogP contribution in [0.2, 0.25) is 0 Å². The van der Waals surface area contributed by atoms with Gasteiger partial charge in [-0.3, -0.25) is 19.3 Å². The van der Waals surface area contributed by atoms with Gasteiger partial charge >= 0.3 is 0 Å². The summed E-state index contributed by atoms with van der Waals surface area (Å²) < 4.78 is 27.4. The van der Waals surface area contributed by atoms with Gasteiger partial charge in [-0.15, -0.1) is 0 Å². The highest BCUT2D eigenvalue weighted by atomic mass is 19.1. The Hall–Kier alpha value is -3.17. The molecular weight excluding hydrogens is 468 g/mol. The van der Waals surface area contributed by atoms with E-state index in [1.807, 2.05) is 38.1 Å². The number of benzene rings is 2. The van der Waals surface area contributed by atoms with Gasteiger partial charge in [0.1, 0.15) is 11.6 Å². The van der Waals surface area contributed by atoms with E-state index in [0.29, 0.717) is 0 Å². The average molecular weight is 502 g/mol. The molecule has 194 valence electrons. The van der Waals surface area contributed by atoms with Crippen LogP contribution in [-0.2, 0) is 26.3 Å². The molecule has 9 heteroatoms. The maximum atomic E-state index is 13.7. The number of imide groups is 1. The fraction of sp³-hybridized carbons (Fsp3) is 0.444. The molecule has 0 aromatic heterocycles. The topological polar surface area (TPSA) is 98.7 Å². The lowest BCUT2D eigenvalue weighted by Crippen LogP contribution is -2.58. The van der Waals surface area contributed by atoms with Crippen molar-refractivity contribution in [1.82, 2.24) is 15.5 Å². The Morgan fingerprint density at radius 1 is 1.08 bits per heavy atom. The van der Waals surface area contributed by atoms with Gasteiger partial charge in [0.2, 0.25) is 17.7 Å². The maximum absolute atomic E-state index is 13.7. The number of carbonyl (C=O) groups is 3. The van der Waals surface area contributed by atoms with Crippen molar-refractivity contribution < 1.29 is 28.3 Å². The quantitative estimate of drug-likeness (QED) is 0.459. The van der Waals surface area contributed by atoms with E-state index < -0.39 is 35.2 Å². The van der Waals surface area contributed by atoms with E-state index in [0.717, 1.165) is 34.2 Å². The summed E-state index contributed by atoms with van der Waals surface area (Å²) in [4.78, 5) is 38.3. The summed E-state index contributed by atoms with van der Waals surface area (Å²) in [5.74, 6) is -2.41. The van der Waals surface area contributed by atoms with Crippen LogP contribution in [0.3, 0.4) is 0 Å². The van der Waals surface area contributed by atoms with E-state index in [2.05, 4.69) is 10.6 Å². The molecule has 2 aromatic carbocycles. The first-order chi connectivity index (χ1) is 16.9. The van der Waals surface area contributed by atoms with Gasteiger partial charge in [0.15, 0.2) is 0 Å². The van der Waals surface area contributed by atoms with Crippen molar-refractivity contribution in [3.8, 4) is 0 Å². The number of hydrogen-bond donors (Lipinski definition) is 3. The zero-order valence-electron chi connectivity index (χ0n) is 21.0. The molecule has 1 heterocycles. The average Bonchev–Trinajstić information content (AvgIpc) is 2.79. The predicted molar refractivity (Wildman–Crippen MR) is 131 cm³/mol. The molecule has 2 atom stereocenters. The number of amides is 3. The van der Waals surface area contributed by atoms with Crippen LogP contribution >= 0.6 is 0 Å². The van der Waals surface area contributed by atoms with E-state index in [4.69, 9.17) is 0 Å². The molecule has 0 radical (unpaired) electrons. The number of aliphatic hydroxyl groups is 1. The largest absolute Gasteiger partial charge is 0.390 e. The fourth-order valence-corrected chi connectivity index (χ4v) is 4.55. The first-order valence-corrected chi connectivity index (χ1v) is 11.9. The molecule has 0 bridgehead atoms. The molecular formula is C27H33F2N3O4. The van der Waals surface area contributed by atoms with Gasteiger partial charge in [0.25, 0.3) is 0 Å². The molecule has 7 nitrogen and oxygen atoms in total. The van der Waals surface area contributed by atoms with Gasteiger partial charge in [0.05, 0.1) is 30.5 Å². The molecule has 1 fully saturated rings. The van der Waals surface area contributed by atoms with Crippen LogP contribution in [0.15, 0.2) is 42.5 Å². The number of aliphatic hydroxyl groups excluding tert-OH is 1. The maximum Gasteiger partial charge on any atom is 0.231 e. The SMILES string of the molecule is CC(=O)N[C@@H](Cc1cc(F)cc(F)c1)[C@H](O)CNC1(c2cccc(C(C)C)c2)CC(=O)N(C)C(=O)C1. The van der Waals surface area contributed by atoms with Gasteiger partial charge in [-0.25, -0.2) is 8.78 Å². The van der Waals surface area contributed by atoms with Crippen molar-refractivity contribution >= 4 is 17.7 Å². The van der Waals surface area contributed by atoms with Crippen LogP contribution in [0, 0.1) is 11.6 Å². The molecule has 0 unspecified atom stereocenters. The molecule has 1 aliphatic heterocycles. The monoisotopic (exact) mass is 501 g/mol. The number of nitrogens with one attached hydrogen (secondary N) is 2. The number of rotatable bonds is 9. The van der Waals surface area contributed by atoms with Gasteiger partial charge < -0.3 is 15.7 Å². The lowest BCUT2D eigenvalue weighted by atomic mass is 9.78. The summed E-state index contributed by atoms with van der Waals surface area (Å²) in [5, 5.41) is 16.9. The second-order valence-corrected chi connectivity index (χ2v) is 9.80. The Morgan fingerprint density at radius 3 is 2.25 bits per heavy atom. The standard InChI is InChI=1S/C27H33F2N3O4/c1-16(2)19-6-5-7-20(11-19)27(13-25(35)32(4)26(36)14-27)30-15-24(34)23(31-17(3)33)10-18-8-21(28)12-22(29)9-18/h5-9,11-12,16,23-24,30,34H,10,13-15H2,1-4H3,(H,31,33)/t23-,24+/m0/s1. The number of carbonyl (C=O) groups excluding carboxylic acids is 3. The minimum Gasteiger partial charge on any atom is -0.390 e. The Bertz CT molecular complexity index is 1100. The van der Waals surface area contributed by atoms with Crippen molar-refractivity contribution in [2.24, 2.45) is 0 Å². The highest BCUT2D eigenvalue weighted by Gasteiger charge is 2.44. The smallest absolute Gasteiger partial charge is 0.231 e. The van der Waals surface area contributed by atoms with Crippen LogP contribution in [0.1, 0.15) is 56.2 Å². The lowest BCUT2D eigenvalue weighted by molar-refractivity contribution is -0.150. The molecule has 1 aliphatic rings. The molecule has 1 saturated heterocycles. The second-order valence-electron chi connectivity index (χ2n) is 9.80. The summed E-state index contributed by atoms with van der Waals surface area (Å²) in [6, 6.07) is 9.81. The van der Waals surface area contributed by atoms with E-state index in [9.17, 15) is 28.3 Å². The van der Waals surface area contributed by atoms with Gasteiger partial charge in [-0.05, 0) is 41.2 Å². The number of nitrogens with zero attached hydrogens (tertiary/aromatic N) is 1. The summed E-state index contributed by atoms with van der Waals surface area (Å²) in [7, 11) is 1.44. The van der Waals surface area contributed by atoms with E-state index in [1.165, 1.54) is 14.0 Å². The number of hydrogen-bond acceptors (Lipinski definition) is 5. The van der Waals surface area contributed by atoms with Crippen molar-refractivity contribution in [3.05, 3.63) is 70.8 Å². The number of likely N-dealkylation sites (tertiary alicyclic amines) is 1. The Kier molecular flexibility index (Phi) is 8.58. The van der Waals surface area contributed by atoms with Crippen LogP contribution in [0.5, 0.6) is 0 Å². The third kappa shape index (κ3) is 6.53. The molecule has 2 aromatic rings. The third-order valence-electron chi connectivity index (χ3n) is 6.64. The van der Waals surface area contributed by atoms with E-state index in [-0.39, 0.29) is 49.1 Å². The van der Waals surface area contributed by atoms with Gasteiger partial charge in [0, 0.05) is 26.6 Å². The Balaban J connectivity index is 1.88. The first-order valence-electron chi connectivity index (χ1n) is 11.9. The van der Waals surface area contributed by atoms with Crippen LogP contribution in [-0.4, -0.2) is 53.5 Å². The molecule has 0 aliphatic carbocycles. The minimum absolute atomic E-state index is 0.00339. The highest BCUT2D eigenvalue weighted by Crippen LogP contribution is 2.35. The first kappa shape index (κ1) is 27.4. The Morgan fingerprint density at radius 2 is 1.69 bits per heavy atom. The van der Waals surface area contributed by atoms with Crippen molar-refractivity contribution in [1.29, 1.82) is 0 Å². The minimum atomic E-state index is -1.18. The third-order valence-corrected chi connectivity index (χ3v) is 6.64.